The molecule has 1 N–H and O–H groups in total. The highest BCUT2D eigenvalue weighted by Gasteiger charge is 2.23. The van der Waals surface area contributed by atoms with E-state index in [-0.39, 0.29) is 11.7 Å². The Morgan fingerprint density at radius 3 is 2.54 bits per heavy atom. The topological polar surface area (TPSA) is 45.2 Å². The number of pyridine rings is 1. The predicted octanol–water partition coefficient (Wildman–Crippen LogP) is 4.92. The quantitative estimate of drug-likeness (QED) is 0.683. The zero-order chi connectivity index (χ0) is 19.7. The number of carbonyl (C=O) groups is 1. The average molecular weight is 396 g/mol. The lowest BCUT2D eigenvalue weighted by molar-refractivity contribution is 0.0773. The second kappa shape index (κ2) is 7.80. The van der Waals surface area contributed by atoms with Crippen LogP contribution in [0.25, 0.3) is 10.9 Å². The molecule has 4 rings (SSSR count). The number of hydrogen-bond acceptors (Lipinski definition) is 4. The summed E-state index contributed by atoms with van der Waals surface area (Å²) in [6, 6.07) is 10.6. The summed E-state index contributed by atoms with van der Waals surface area (Å²) in [7, 11) is 0. The molecule has 6 heteroatoms. The number of fused-ring (bicyclic) bond motifs is 1. The highest BCUT2D eigenvalue weighted by atomic mass is 32.2. The van der Waals surface area contributed by atoms with E-state index < -0.39 is 0 Å². The van der Waals surface area contributed by atoms with Crippen LogP contribution in [0.4, 0.5) is 15.8 Å². The number of aryl methyl sites for hydroxylation is 2. The number of nitrogens with zero attached hydrogens (tertiary/aromatic N) is 2. The minimum absolute atomic E-state index is 0.0640. The summed E-state index contributed by atoms with van der Waals surface area (Å²) in [6.45, 7) is 5.49. The van der Waals surface area contributed by atoms with Crippen molar-refractivity contribution in [1.29, 1.82) is 0 Å². The molecule has 0 aliphatic carbocycles. The number of nitrogens with one attached hydrogen (secondary N) is 1. The van der Waals surface area contributed by atoms with Crippen molar-refractivity contribution in [1.82, 2.24) is 9.88 Å². The van der Waals surface area contributed by atoms with Crippen LogP contribution in [-0.2, 0) is 0 Å². The normalized spacial score (nSPS) is 14.3. The van der Waals surface area contributed by atoms with Crippen molar-refractivity contribution < 1.29 is 9.18 Å². The fourth-order valence-electron chi connectivity index (χ4n) is 3.59. The summed E-state index contributed by atoms with van der Waals surface area (Å²) in [5, 5.41) is 3.99. The van der Waals surface area contributed by atoms with Crippen LogP contribution in [0.5, 0.6) is 0 Å². The minimum atomic E-state index is -0.350. The first-order valence-electron chi connectivity index (χ1n) is 9.32. The molecule has 0 saturated carbocycles. The maximum absolute atomic E-state index is 14.0. The van der Waals surface area contributed by atoms with Crippen molar-refractivity contribution in [2.24, 2.45) is 0 Å². The van der Waals surface area contributed by atoms with Crippen molar-refractivity contribution in [3.05, 3.63) is 65.1 Å². The summed E-state index contributed by atoms with van der Waals surface area (Å²) >= 11 is 1.85. The van der Waals surface area contributed by atoms with Crippen LogP contribution in [0, 0.1) is 19.7 Å². The van der Waals surface area contributed by atoms with Crippen LogP contribution in [0.15, 0.2) is 42.6 Å². The molecule has 1 saturated heterocycles. The van der Waals surface area contributed by atoms with Crippen molar-refractivity contribution in [2.75, 3.05) is 29.9 Å². The first kappa shape index (κ1) is 18.7. The van der Waals surface area contributed by atoms with E-state index in [0.717, 1.165) is 28.3 Å². The van der Waals surface area contributed by atoms with E-state index in [4.69, 9.17) is 0 Å². The standard InChI is InChI=1S/C22H22FN3OS/c1-14-9-15(2)11-17(10-14)25-21-18-12-16(23)3-4-20(18)24-13-19(21)22(27)26-5-7-28-8-6-26/h3-4,9-13H,5-8H2,1-2H3,(H,24,25). The van der Waals surface area contributed by atoms with Gasteiger partial charge in [0.15, 0.2) is 0 Å². The fourth-order valence-corrected chi connectivity index (χ4v) is 4.49. The Bertz CT molecular complexity index is 1030. The molecule has 0 unspecified atom stereocenters. The van der Waals surface area contributed by atoms with Crippen molar-refractivity contribution >= 4 is 39.9 Å². The van der Waals surface area contributed by atoms with E-state index in [9.17, 15) is 9.18 Å². The molecule has 0 spiro atoms. The van der Waals surface area contributed by atoms with E-state index in [1.807, 2.05) is 42.6 Å². The number of amides is 1. The van der Waals surface area contributed by atoms with Gasteiger partial charge in [-0.1, -0.05) is 6.07 Å². The smallest absolute Gasteiger partial charge is 0.257 e. The van der Waals surface area contributed by atoms with Gasteiger partial charge in [-0.3, -0.25) is 9.78 Å². The molecule has 1 amide bonds. The highest BCUT2D eigenvalue weighted by Crippen LogP contribution is 2.31. The van der Waals surface area contributed by atoms with E-state index in [1.54, 1.807) is 12.3 Å². The SMILES string of the molecule is Cc1cc(C)cc(Nc2c(C(=O)N3CCSCC3)cnc3ccc(F)cc23)c1. The third-order valence-electron chi connectivity index (χ3n) is 4.85. The minimum Gasteiger partial charge on any atom is -0.354 e. The van der Waals surface area contributed by atoms with Crippen molar-refractivity contribution in [3.8, 4) is 0 Å². The Hall–Kier alpha value is -2.60. The third kappa shape index (κ3) is 3.83. The van der Waals surface area contributed by atoms with Gasteiger partial charge in [-0.15, -0.1) is 0 Å². The lowest BCUT2D eigenvalue weighted by Gasteiger charge is -2.27. The summed E-state index contributed by atoms with van der Waals surface area (Å²) in [4.78, 5) is 19.5. The number of benzene rings is 2. The summed E-state index contributed by atoms with van der Waals surface area (Å²) < 4.78 is 14.0. The highest BCUT2D eigenvalue weighted by molar-refractivity contribution is 7.99. The van der Waals surface area contributed by atoms with Gasteiger partial charge in [-0.25, -0.2) is 4.39 Å². The van der Waals surface area contributed by atoms with Crippen molar-refractivity contribution in [2.45, 2.75) is 13.8 Å². The van der Waals surface area contributed by atoms with Crippen LogP contribution in [-0.4, -0.2) is 40.4 Å². The maximum atomic E-state index is 14.0. The molecule has 0 bridgehead atoms. The number of aromatic nitrogens is 1. The van der Waals surface area contributed by atoms with E-state index in [0.29, 0.717) is 35.2 Å². The summed E-state index contributed by atoms with van der Waals surface area (Å²) in [6.07, 6.45) is 1.61. The number of rotatable bonds is 3. The van der Waals surface area contributed by atoms with Gasteiger partial charge in [-0.05, 0) is 55.3 Å². The largest absolute Gasteiger partial charge is 0.354 e. The molecule has 2 heterocycles. The zero-order valence-electron chi connectivity index (χ0n) is 16.0. The Morgan fingerprint density at radius 1 is 1.11 bits per heavy atom. The second-order valence-electron chi connectivity index (χ2n) is 7.11. The lowest BCUT2D eigenvalue weighted by Crippen LogP contribution is -2.38. The molecular weight excluding hydrogens is 373 g/mol. The van der Waals surface area contributed by atoms with E-state index in [2.05, 4.69) is 16.4 Å². The van der Waals surface area contributed by atoms with Gasteiger partial charge in [0.05, 0.1) is 16.8 Å². The average Bonchev–Trinajstić information content (AvgIpc) is 2.68. The molecule has 3 aromatic rings. The number of anilines is 2. The van der Waals surface area contributed by atoms with Gasteiger partial charge in [0.1, 0.15) is 5.82 Å². The van der Waals surface area contributed by atoms with Crippen LogP contribution >= 0.6 is 11.8 Å². The molecular formula is C22H22FN3OS. The van der Waals surface area contributed by atoms with Crippen LogP contribution in [0.2, 0.25) is 0 Å². The Labute approximate surface area is 168 Å². The Kier molecular flexibility index (Phi) is 5.22. The Balaban J connectivity index is 1.84. The molecule has 1 fully saturated rings. The van der Waals surface area contributed by atoms with Crippen LogP contribution in [0.3, 0.4) is 0 Å². The molecule has 0 radical (unpaired) electrons. The first-order valence-corrected chi connectivity index (χ1v) is 10.5. The molecule has 1 aliphatic heterocycles. The molecule has 2 aromatic carbocycles. The number of hydrogen-bond donors (Lipinski definition) is 1. The van der Waals surface area contributed by atoms with Crippen LogP contribution in [0.1, 0.15) is 21.5 Å². The summed E-state index contributed by atoms with van der Waals surface area (Å²) in [5.41, 5.74) is 4.85. The molecule has 28 heavy (non-hydrogen) atoms. The fraction of sp³-hybridized carbons (Fsp3) is 0.273. The van der Waals surface area contributed by atoms with Gasteiger partial charge in [0.2, 0.25) is 0 Å². The monoisotopic (exact) mass is 395 g/mol. The van der Waals surface area contributed by atoms with E-state index in [1.165, 1.54) is 12.1 Å². The van der Waals surface area contributed by atoms with E-state index >= 15 is 0 Å². The van der Waals surface area contributed by atoms with Gasteiger partial charge < -0.3 is 10.2 Å². The van der Waals surface area contributed by atoms with Gasteiger partial charge >= 0.3 is 0 Å². The molecule has 4 nitrogen and oxygen atoms in total. The van der Waals surface area contributed by atoms with Crippen molar-refractivity contribution in [3.63, 3.8) is 0 Å². The zero-order valence-corrected chi connectivity index (χ0v) is 16.8. The van der Waals surface area contributed by atoms with Gasteiger partial charge in [0.25, 0.3) is 5.91 Å². The maximum Gasteiger partial charge on any atom is 0.257 e. The number of halogens is 1. The molecule has 144 valence electrons. The lowest BCUT2D eigenvalue weighted by atomic mass is 10.1. The predicted molar refractivity (Wildman–Crippen MR) is 114 cm³/mol. The van der Waals surface area contributed by atoms with Gasteiger partial charge in [-0.2, -0.15) is 11.8 Å². The number of thioether (sulfide) groups is 1. The molecule has 1 aliphatic rings. The number of carbonyl (C=O) groups excluding carboxylic acids is 1. The third-order valence-corrected chi connectivity index (χ3v) is 5.79. The van der Waals surface area contributed by atoms with Gasteiger partial charge in [0, 0.05) is 41.9 Å². The Morgan fingerprint density at radius 2 is 1.82 bits per heavy atom. The first-order chi connectivity index (χ1) is 13.5. The second-order valence-corrected chi connectivity index (χ2v) is 8.34. The molecule has 1 aromatic heterocycles. The summed E-state index contributed by atoms with van der Waals surface area (Å²) in [5.74, 6) is 1.45. The molecule has 0 atom stereocenters. The van der Waals surface area contributed by atoms with Crippen LogP contribution < -0.4 is 5.32 Å².